The maximum Gasteiger partial charge on any atom is 0.236 e. The highest BCUT2D eigenvalue weighted by molar-refractivity contribution is 6.26. The van der Waals surface area contributed by atoms with Crippen LogP contribution in [-0.4, -0.2) is 47.2 Å². The highest BCUT2D eigenvalue weighted by Gasteiger charge is 2.41. The normalized spacial score (nSPS) is 26.1. The molecule has 2 aliphatic rings. The summed E-state index contributed by atoms with van der Waals surface area (Å²) in [4.78, 5) is 25.2. The van der Waals surface area contributed by atoms with Gasteiger partial charge in [-0.1, -0.05) is 6.92 Å². The molecule has 0 spiro atoms. The molecule has 0 saturated carbocycles. The number of rotatable bonds is 2. The molecule has 0 fully saturated rings. The van der Waals surface area contributed by atoms with Gasteiger partial charge in [-0.15, -0.1) is 0 Å². The van der Waals surface area contributed by atoms with Crippen LogP contribution in [0.15, 0.2) is 17.6 Å². The molecule has 128 valence electrons. The number of Topliss-reactive ketones (excluding diaryl/α,β-unsaturated/α-hetero) is 2. The van der Waals surface area contributed by atoms with Gasteiger partial charge in [-0.2, -0.15) is 0 Å². The molecule has 3 N–H and O–H groups in total. The number of carbonyl (C=O) groups is 2. The lowest BCUT2D eigenvalue weighted by molar-refractivity contribution is -0.0229. The standard InChI is InChI=1S/C17H18O7/c1-6-4-7-8(13(20)11(6)18)5-9-10(12(7)19)15(22)17(24-3)16(23-2)14(9)21/h5-6,11,13,18-20H,4H2,1-3H3. The number of aliphatic hydroxyl groups excluding tert-OH is 2. The quantitative estimate of drug-likeness (QED) is 0.735. The Kier molecular flexibility index (Phi) is 3.85. The Morgan fingerprint density at radius 1 is 1.08 bits per heavy atom. The van der Waals surface area contributed by atoms with Crippen LogP contribution in [-0.2, 0) is 15.9 Å². The molecule has 1 aromatic carbocycles. The summed E-state index contributed by atoms with van der Waals surface area (Å²) in [6.45, 7) is 1.73. The summed E-state index contributed by atoms with van der Waals surface area (Å²) in [5.41, 5.74) is 0.368. The van der Waals surface area contributed by atoms with E-state index in [4.69, 9.17) is 9.47 Å². The minimum atomic E-state index is -1.25. The SMILES string of the molecule is COC1=C(OC)C(=O)c2c(cc3c(c2O)CC(C)C(O)C3O)C1=O. The minimum Gasteiger partial charge on any atom is -0.507 e. The Labute approximate surface area is 138 Å². The van der Waals surface area contributed by atoms with Crippen molar-refractivity contribution >= 4 is 11.6 Å². The molecule has 0 amide bonds. The van der Waals surface area contributed by atoms with Crippen molar-refractivity contribution in [3.8, 4) is 5.75 Å². The smallest absolute Gasteiger partial charge is 0.236 e. The molecule has 24 heavy (non-hydrogen) atoms. The number of ketones is 2. The lowest BCUT2D eigenvalue weighted by Gasteiger charge is -2.33. The summed E-state index contributed by atoms with van der Waals surface area (Å²) in [5.74, 6) is -2.47. The van der Waals surface area contributed by atoms with Crippen molar-refractivity contribution in [2.24, 2.45) is 5.92 Å². The monoisotopic (exact) mass is 334 g/mol. The zero-order chi connectivity index (χ0) is 17.8. The molecule has 0 aliphatic heterocycles. The number of benzene rings is 1. The van der Waals surface area contributed by atoms with Crippen LogP contribution in [0.1, 0.15) is 44.9 Å². The van der Waals surface area contributed by atoms with Gasteiger partial charge in [-0.3, -0.25) is 9.59 Å². The molecule has 2 aliphatic carbocycles. The topological polar surface area (TPSA) is 113 Å². The number of aromatic hydroxyl groups is 1. The first-order valence-corrected chi connectivity index (χ1v) is 7.49. The summed E-state index contributed by atoms with van der Waals surface area (Å²) in [6.07, 6.45) is -1.99. The van der Waals surface area contributed by atoms with E-state index in [0.717, 1.165) is 0 Å². The fourth-order valence-electron chi connectivity index (χ4n) is 3.37. The average Bonchev–Trinajstić information content (AvgIpc) is 2.56. The highest BCUT2D eigenvalue weighted by atomic mass is 16.5. The number of hydrogen-bond acceptors (Lipinski definition) is 7. The number of fused-ring (bicyclic) bond motifs is 2. The van der Waals surface area contributed by atoms with Crippen molar-refractivity contribution in [2.45, 2.75) is 25.6 Å². The second kappa shape index (κ2) is 5.61. The molecular weight excluding hydrogens is 316 g/mol. The van der Waals surface area contributed by atoms with Crippen LogP contribution in [0.5, 0.6) is 5.75 Å². The van der Waals surface area contributed by atoms with E-state index in [1.807, 2.05) is 0 Å². The molecule has 0 saturated heterocycles. The second-order valence-electron chi connectivity index (χ2n) is 6.06. The van der Waals surface area contributed by atoms with Gasteiger partial charge in [0.1, 0.15) is 11.9 Å². The first-order chi connectivity index (χ1) is 11.3. The van der Waals surface area contributed by atoms with Gasteiger partial charge >= 0.3 is 0 Å². The first-order valence-electron chi connectivity index (χ1n) is 7.49. The van der Waals surface area contributed by atoms with Gasteiger partial charge in [0.15, 0.2) is 0 Å². The van der Waals surface area contributed by atoms with Crippen molar-refractivity contribution in [1.82, 2.24) is 0 Å². The number of phenolic OH excluding ortho intramolecular Hbond substituents is 1. The summed E-state index contributed by atoms with van der Waals surface area (Å²) in [5, 5.41) is 30.9. The molecule has 7 heteroatoms. The predicted molar refractivity (Wildman–Crippen MR) is 81.6 cm³/mol. The third kappa shape index (κ3) is 2.05. The third-order valence-electron chi connectivity index (χ3n) is 4.69. The van der Waals surface area contributed by atoms with Crippen LogP contribution in [0.3, 0.4) is 0 Å². The van der Waals surface area contributed by atoms with Crippen molar-refractivity contribution in [3.05, 3.63) is 39.8 Å². The highest BCUT2D eigenvalue weighted by Crippen LogP contribution is 2.43. The van der Waals surface area contributed by atoms with Crippen LogP contribution in [0.4, 0.5) is 0 Å². The summed E-state index contributed by atoms with van der Waals surface area (Å²) in [6, 6.07) is 1.34. The van der Waals surface area contributed by atoms with Gasteiger partial charge in [0.25, 0.3) is 0 Å². The Hall–Kier alpha value is -2.38. The van der Waals surface area contributed by atoms with E-state index in [1.165, 1.54) is 20.3 Å². The summed E-state index contributed by atoms with van der Waals surface area (Å²) >= 11 is 0. The van der Waals surface area contributed by atoms with Gasteiger partial charge in [0.2, 0.25) is 23.1 Å². The van der Waals surface area contributed by atoms with Crippen LogP contribution in [0.2, 0.25) is 0 Å². The van der Waals surface area contributed by atoms with Crippen LogP contribution in [0, 0.1) is 5.92 Å². The van der Waals surface area contributed by atoms with Crippen molar-refractivity contribution in [3.63, 3.8) is 0 Å². The first kappa shape index (κ1) is 16.5. The van der Waals surface area contributed by atoms with E-state index in [0.29, 0.717) is 5.56 Å². The van der Waals surface area contributed by atoms with E-state index >= 15 is 0 Å². The van der Waals surface area contributed by atoms with Gasteiger partial charge in [-0.25, -0.2) is 0 Å². The average molecular weight is 334 g/mol. The van der Waals surface area contributed by atoms with E-state index < -0.39 is 23.8 Å². The molecule has 7 nitrogen and oxygen atoms in total. The zero-order valence-electron chi connectivity index (χ0n) is 13.5. The zero-order valence-corrected chi connectivity index (χ0v) is 13.5. The van der Waals surface area contributed by atoms with Crippen LogP contribution in [0.25, 0.3) is 0 Å². The van der Waals surface area contributed by atoms with E-state index in [1.54, 1.807) is 6.92 Å². The van der Waals surface area contributed by atoms with Crippen LogP contribution >= 0.6 is 0 Å². The minimum absolute atomic E-state index is 0.0743. The molecule has 3 rings (SSSR count). The van der Waals surface area contributed by atoms with E-state index in [9.17, 15) is 24.9 Å². The Balaban J connectivity index is 2.28. The third-order valence-corrected chi connectivity index (χ3v) is 4.69. The van der Waals surface area contributed by atoms with Crippen LogP contribution < -0.4 is 0 Å². The summed E-state index contributed by atoms with van der Waals surface area (Å²) in [7, 11) is 2.48. The van der Waals surface area contributed by atoms with E-state index in [2.05, 4.69) is 0 Å². The second-order valence-corrected chi connectivity index (χ2v) is 6.06. The number of ether oxygens (including phenoxy) is 2. The summed E-state index contributed by atoms with van der Waals surface area (Å²) < 4.78 is 9.95. The number of carbonyl (C=O) groups excluding carboxylic acids is 2. The fourth-order valence-corrected chi connectivity index (χ4v) is 3.37. The van der Waals surface area contributed by atoms with Crippen molar-refractivity contribution in [2.75, 3.05) is 14.2 Å². The van der Waals surface area contributed by atoms with Gasteiger partial charge < -0.3 is 24.8 Å². The lowest BCUT2D eigenvalue weighted by Crippen LogP contribution is -2.34. The maximum absolute atomic E-state index is 12.6. The number of hydrogen-bond donors (Lipinski definition) is 3. The Morgan fingerprint density at radius 3 is 2.25 bits per heavy atom. The van der Waals surface area contributed by atoms with Gasteiger partial charge in [0.05, 0.1) is 25.9 Å². The van der Waals surface area contributed by atoms with Crippen molar-refractivity contribution < 1.29 is 34.4 Å². The Bertz CT molecular complexity index is 778. The van der Waals surface area contributed by atoms with E-state index in [-0.39, 0.29) is 46.3 Å². The lowest BCUT2D eigenvalue weighted by atomic mass is 9.76. The molecule has 1 aromatic rings. The van der Waals surface area contributed by atoms with Gasteiger partial charge in [-0.05, 0) is 24.0 Å². The molecule has 3 unspecified atom stereocenters. The molecule has 0 heterocycles. The largest absolute Gasteiger partial charge is 0.507 e. The number of aliphatic hydroxyl groups is 2. The Morgan fingerprint density at radius 2 is 1.67 bits per heavy atom. The maximum atomic E-state index is 12.6. The molecule has 0 bridgehead atoms. The number of phenols is 1. The fraction of sp³-hybridized carbons (Fsp3) is 0.412. The molecular formula is C17H18O7. The molecule has 0 radical (unpaired) electrons. The number of methoxy groups -OCH3 is 2. The predicted octanol–water partition coefficient (Wildman–Crippen LogP) is 0.862. The number of allylic oxidation sites excluding steroid dienone is 2. The molecule has 0 aromatic heterocycles. The van der Waals surface area contributed by atoms with Gasteiger partial charge in [0, 0.05) is 11.1 Å². The molecule has 3 atom stereocenters. The van der Waals surface area contributed by atoms with Crippen molar-refractivity contribution in [1.29, 1.82) is 0 Å².